The van der Waals surface area contributed by atoms with Crippen LogP contribution >= 0.6 is 34.8 Å². The fourth-order valence-electron chi connectivity index (χ4n) is 6.80. The number of pyridine rings is 1. The number of likely N-dealkylation sites (N-methyl/N-ethyl adjacent to an activating group) is 1. The van der Waals surface area contributed by atoms with Gasteiger partial charge in [0.15, 0.2) is 11.6 Å². The van der Waals surface area contributed by atoms with E-state index in [0.717, 1.165) is 6.07 Å². The molecule has 2 N–H and O–H groups in total. The fourth-order valence-corrected chi connectivity index (χ4v) is 7.62. The van der Waals surface area contributed by atoms with Gasteiger partial charge in [-0.2, -0.15) is 4.98 Å². The van der Waals surface area contributed by atoms with Gasteiger partial charge in [-0.3, -0.25) is 14.3 Å². The number of halogens is 5. The average molecular weight is 703 g/mol. The van der Waals surface area contributed by atoms with Crippen LogP contribution in [-0.4, -0.2) is 64.1 Å². The van der Waals surface area contributed by atoms with Crippen molar-refractivity contribution < 1.29 is 13.6 Å². The molecule has 1 amide bonds. The van der Waals surface area contributed by atoms with E-state index in [2.05, 4.69) is 16.5 Å². The molecule has 47 heavy (non-hydrogen) atoms. The van der Waals surface area contributed by atoms with Gasteiger partial charge < -0.3 is 20.4 Å². The first kappa shape index (κ1) is 33.0. The Morgan fingerprint density at radius 2 is 1.81 bits per heavy atom. The number of fused-ring (bicyclic) bond motifs is 2. The summed E-state index contributed by atoms with van der Waals surface area (Å²) in [6.45, 7) is 12.0. The van der Waals surface area contributed by atoms with E-state index in [-0.39, 0.29) is 74.1 Å². The van der Waals surface area contributed by atoms with Gasteiger partial charge in [-0.25, -0.2) is 13.6 Å². The standard InChI is InChI=1S/C33H32Cl3F2N7O2/c1-7-20(46)43-13-17-12-42(6)31-23-30(24(36)21(26(31)38)22-25(37)18(34)10-19(35)27(22)39)45(29-15(4)8-9-40-28(29)14(2)3)33(47)41-32(23)44(17)11-16(43)5/h7-10,14,16-17H,1,11-13,39H2,2-6H3. The second kappa shape index (κ2) is 11.9. The largest absolute Gasteiger partial charge is 0.397 e. The maximum atomic E-state index is 17.3. The molecule has 2 unspecified atom stereocenters. The second-order valence-electron chi connectivity index (χ2n) is 12.3. The lowest BCUT2D eigenvalue weighted by Crippen LogP contribution is -2.61. The van der Waals surface area contributed by atoms with Crippen molar-refractivity contribution in [3.8, 4) is 16.8 Å². The van der Waals surface area contributed by atoms with E-state index in [9.17, 15) is 9.59 Å². The summed E-state index contributed by atoms with van der Waals surface area (Å²) in [4.78, 5) is 41.6. The Balaban J connectivity index is 1.82. The Morgan fingerprint density at radius 1 is 1.11 bits per heavy atom. The number of aromatic nitrogens is 3. The maximum absolute atomic E-state index is 17.3. The minimum absolute atomic E-state index is 0.0156. The van der Waals surface area contributed by atoms with E-state index < -0.39 is 34.5 Å². The molecule has 0 saturated carbocycles. The van der Waals surface area contributed by atoms with Crippen molar-refractivity contribution >= 4 is 68.8 Å². The van der Waals surface area contributed by atoms with Crippen molar-refractivity contribution in [1.82, 2.24) is 19.4 Å². The van der Waals surface area contributed by atoms with E-state index >= 15 is 8.78 Å². The number of nitrogens with two attached hydrogens (primary N) is 1. The molecule has 1 fully saturated rings. The molecule has 2 atom stereocenters. The molecule has 0 radical (unpaired) electrons. The zero-order chi connectivity index (χ0) is 34.2. The third-order valence-corrected chi connectivity index (χ3v) is 9.95. The molecule has 4 aromatic rings. The third kappa shape index (κ3) is 5.01. The molecule has 9 nitrogen and oxygen atoms in total. The zero-order valence-corrected chi connectivity index (χ0v) is 28.6. The lowest BCUT2D eigenvalue weighted by Gasteiger charge is -2.45. The molecule has 2 aromatic heterocycles. The minimum atomic E-state index is -1.02. The van der Waals surface area contributed by atoms with Crippen LogP contribution in [0.2, 0.25) is 15.1 Å². The van der Waals surface area contributed by atoms with E-state index in [1.807, 2.05) is 32.6 Å². The van der Waals surface area contributed by atoms with Crippen LogP contribution in [0, 0.1) is 18.6 Å². The molecule has 2 aromatic carbocycles. The number of carbonyl (C=O) groups excluding carboxylic acids is 1. The summed E-state index contributed by atoms with van der Waals surface area (Å²) in [7, 11) is 1.68. The Labute approximate surface area is 285 Å². The smallest absolute Gasteiger partial charge is 0.354 e. The van der Waals surface area contributed by atoms with Crippen molar-refractivity contribution in [1.29, 1.82) is 0 Å². The number of amides is 1. The van der Waals surface area contributed by atoms with Gasteiger partial charge >= 0.3 is 5.69 Å². The Kier molecular flexibility index (Phi) is 8.39. The number of benzene rings is 2. The van der Waals surface area contributed by atoms with Crippen molar-refractivity contribution in [2.24, 2.45) is 0 Å². The molecule has 0 spiro atoms. The molecular weight excluding hydrogens is 671 g/mol. The fraction of sp³-hybridized carbons (Fsp3) is 0.333. The first-order valence-corrected chi connectivity index (χ1v) is 16.1. The molecule has 0 aliphatic carbocycles. The zero-order valence-electron chi connectivity index (χ0n) is 26.3. The van der Waals surface area contributed by atoms with Crippen LogP contribution in [0.15, 0.2) is 35.8 Å². The number of piperazine rings is 1. The number of anilines is 3. The maximum Gasteiger partial charge on any atom is 0.354 e. The van der Waals surface area contributed by atoms with Crippen molar-refractivity contribution in [2.75, 3.05) is 42.2 Å². The van der Waals surface area contributed by atoms with Crippen LogP contribution in [0.5, 0.6) is 0 Å². The van der Waals surface area contributed by atoms with E-state index in [1.54, 1.807) is 29.1 Å². The molecule has 14 heteroatoms. The van der Waals surface area contributed by atoms with Gasteiger partial charge in [-0.1, -0.05) is 55.2 Å². The summed E-state index contributed by atoms with van der Waals surface area (Å²) in [5, 5.41) is -0.534. The summed E-state index contributed by atoms with van der Waals surface area (Å²) in [6.07, 6.45) is 2.89. The number of nitrogen functional groups attached to an aromatic ring is 1. The normalized spacial score (nSPS) is 17.7. The summed E-state index contributed by atoms with van der Waals surface area (Å²) >= 11 is 19.7. The van der Waals surface area contributed by atoms with Crippen LogP contribution in [0.3, 0.4) is 0 Å². The van der Waals surface area contributed by atoms with Crippen LogP contribution in [-0.2, 0) is 4.79 Å². The van der Waals surface area contributed by atoms with Crippen LogP contribution in [0.1, 0.15) is 37.9 Å². The van der Waals surface area contributed by atoms with Gasteiger partial charge in [0, 0.05) is 50.0 Å². The summed E-state index contributed by atoms with van der Waals surface area (Å²) < 4.78 is 34.5. The highest BCUT2D eigenvalue weighted by Gasteiger charge is 2.41. The van der Waals surface area contributed by atoms with Gasteiger partial charge in [0.1, 0.15) is 5.82 Å². The van der Waals surface area contributed by atoms with E-state index in [0.29, 0.717) is 23.5 Å². The summed E-state index contributed by atoms with van der Waals surface area (Å²) in [5.41, 5.74) is 6.27. The number of carbonyl (C=O) groups is 1. The topological polar surface area (TPSA) is 101 Å². The number of nitrogens with zero attached hydrogens (tertiary/aromatic N) is 6. The van der Waals surface area contributed by atoms with E-state index in [1.165, 1.54) is 10.6 Å². The number of aryl methyl sites for hydroxylation is 1. The predicted octanol–water partition coefficient (Wildman–Crippen LogP) is 6.74. The second-order valence-corrected chi connectivity index (χ2v) is 13.5. The molecule has 2 aliphatic heterocycles. The third-order valence-electron chi connectivity index (χ3n) is 8.99. The van der Waals surface area contributed by atoms with Crippen LogP contribution < -0.4 is 21.2 Å². The van der Waals surface area contributed by atoms with Gasteiger partial charge in [-0.05, 0) is 43.5 Å². The van der Waals surface area contributed by atoms with Crippen molar-refractivity contribution in [2.45, 2.75) is 45.7 Å². The minimum Gasteiger partial charge on any atom is -0.397 e. The van der Waals surface area contributed by atoms with Crippen molar-refractivity contribution in [3.63, 3.8) is 0 Å². The van der Waals surface area contributed by atoms with Gasteiger partial charge in [0.2, 0.25) is 5.91 Å². The molecule has 2 aliphatic rings. The monoisotopic (exact) mass is 701 g/mol. The van der Waals surface area contributed by atoms with Crippen LogP contribution in [0.25, 0.3) is 27.7 Å². The highest BCUT2D eigenvalue weighted by atomic mass is 35.5. The number of rotatable bonds is 4. The number of hydrogen-bond acceptors (Lipinski definition) is 7. The van der Waals surface area contributed by atoms with Gasteiger partial charge in [0.05, 0.1) is 54.8 Å². The summed E-state index contributed by atoms with van der Waals surface area (Å²) in [5.74, 6) is -2.11. The highest BCUT2D eigenvalue weighted by molar-refractivity contribution is 6.41. The van der Waals surface area contributed by atoms with Crippen molar-refractivity contribution in [3.05, 3.63) is 79.4 Å². The molecular formula is C33H32Cl3F2N7O2. The predicted molar refractivity (Wildman–Crippen MR) is 185 cm³/mol. The molecule has 246 valence electrons. The summed E-state index contributed by atoms with van der Waals surface area (Å²) in [6, 6.07) is 2.18. The number of hydrogen-bond donors (Lipinski definition) is 1. The molecule has 4 heterocycles. The van der Waals surface area contributed by atoms with Gasteiger partial charge in [-0.15, -0.1) is 0 Å². The average Bonchev–Trinajstić information content (AvgIpc) is 3.13. The quantitative estimate of drug-likeness (QED) is 0.143. The molecule has 1 saturated heterocycles. The molecule has 6 rings (SSSR count). The Hall–Kier alpha value is -3.93. The Morgan fingerprint density at radius 3 is 2.47 bits per heavy atom. The first-order chi connectivity index (χ1) is 22.2. The SMILES string of the molecule is C=CC(=O)N1CC2CN(C)c3c(F)c(-c4c(N)c(Cl)cc(Cl)c4F)c(Cl)c4c3c(nc(=O)n4-c3c(C)ccnc3C(C)C)N2CC1C. The Bertz CT molecular complexity index is 2040. The van der Waals surface area contributed by atoms with Crippen LogP contribution in [0.4, 0.5) is 26.0 Å². The lowest BCUT2D eigenvalue weighted by atomic mass is 9.97. The first-order valence-electron chi connectivity index (χ1n) is 15.0. The highest BCUT2D eigenvalue weighted by Crippen LogP contribution is 2.51. The van der Waals surface area contributed by atoms with E-state index in [4.69, 9.17) is 40.5 Å². The lowest BCUT2D eigenvalue weighted by molar-refractivity contribution is -0.128. The van der Waals surface area contributed by atoms with Gasteiger partial charge in [0.25, 0.3) is 0 Å². The molecule has 0 bridgehead atoms.